The fourth-order valence-corrected chi connectivity index (χ4v) is 4.16. The summed E-state index contributed by atoms with van der Waals surface area (Å²) in [6, 6.07) is 0. The highest BCUT2D eigenvalue weighted by Crippen LogP contribution is 2.40. The van der Waals surface area contributed by atoms with Crippen LogP contribution in [0.2, 0.25) is 5.28 Å². The molecule has 3 N–H and O–H groups in total. The van der Waals surface area contributed by atoms with Gasteiger partial charge in [0, 0.05) is 0 Å². The van der Waals surface area contributed by atoms with Gasteiger partial charge in [-0.2, -0.15) is 0 Å². The second-order valence-corrected chi connectivity index (χ2v) is 11.7. The zero-order chi connectivity index (χ0) is 18.5. The molecule has 1 aliphatic rings. The van der Waals surface area contributed by atoms with Crippen LogP contribution in [-0.4, -0.2) is 73.8 Å². The maximum Gasteiger partial charge on any atom is 0.279 e. The Morgan fingerprint density at radius 2 is 2.04 bits per heavy atom. The van der Waals surface area contributed by atoms with Gasteiger partial charge in [-0.15, -0.1) is 13.2 Å². The Hall–Kier alpha value is -1.18. The molecule has 0 bridgehead atoms. The summed E-state index contributed by atoms with van der Waals surface area (Å²) < 4.78 is 7.23. The van der Waals surface area contributed by atoms with Crippen molar-refractivity contribution in [2.75, 3.05) is 19.5 Å². The molecule has 0 spiro atoms. The number of aromatic nitrogens is 4. The first-order valence-electron chi connectivity index (χ1n) is 7.92. The minimum Gasteiger partial charge on any atom is -0.388 e. The van der Waals surface area contributed by atoms with E-state index in [1.165, 1.54) is 4.57 Å². The van der Waals surface area contributed by atoms with Gasteiger partial charge in [0.2, 0.25) is 5.28 Å². The zero-order valence-electron chi connectivity index (χ0n) is 14.3. The smallest absolute Gasteiger partial charge is 0.279 e. The van der Waals surface area contributed by atoms with Crippen LogP contribution in [0.3, 0.4) is 0 Å². The van der Waals surface area contributed by atoms with Gasteiger partial charge in [0.25, 0.3) is 5.56 Å². The van der Waals surface area contributed by atoms with Crippen molar-refractivity contribution in [3.63, 3.8) is 0 Å². The van der Waals surface area contributed by atoms with Gasteiger partial charge in [0.05, 0.1) is 6.10 Å². The van der Waals surface area contributed by atoms with Gasteiger partial charge in [0.1, 0.15) is 18.0 Å². The molecule has 0 aliphatic carbocycles. The van der Waals surface area contributed by atoms with Crippen LogP contribution in [0, 0.1) is 6.92 Å². The summed E-state index contributed by atoms with van der Waals surface area (Å²) in [5.41, 5.74) is -0.140. The van der Waals surface area contributed by atoms with E-state index < -0.39 is 37.0 Å². The van der Waals surface area contributed by atoms with Crippen molar-refractivity contribution in [2.45, 2.75) is 37.9 Å². The number of aryl methyl sites for hydroxylation is 1. The Morgan fingerprint density at radius 3 is 2.68 bits per heavy atom. The lowest BCUT2D eigenvalue weighted by molar-refractivity contribution is -0.0351. The first kappa shape index (κ1) is 18.6. The van der Waals surface area contributed by atoms with Gasteiger partial charge in [-0.3, -0.25) is 9.36 Å². The minimum absolute atomic E-state index is 0.0273. The maximum absolute atomic E-state index is 12.0. The predicted molar refractivity (Wildman–Crippen MR) is 99.2 cm³/mol. The summed E-state index contributed by atoms with van der Waals surface area (Å²) in [7, 11) is 0. The number of aliphatic hydroxyl groups excluding tert-OH is 2. The number of nitrogens with one attached hydrogen (secondary N) is 1. The number of ether oxygens (including phenoxy) is 1. The number of imidazole rings is 1. The van der Waals surface area contributed by atoms with Crippen LogP contribution in [0.1, 0.15) is 18.5 Å². The van der Waals surface area contributed by atoms with Crippen molar-refractivity contribution in [3.8, 4) is 0 Å². The Balaban J connectivity index is 1.97. The number of H-pyrrole nitrogens is 1. The zero-order valence-corrected chi connectivity index (χ0v) is 16.0. The summed E-state index contributed by atoms with van der Waals surface area (Å²) in [4.78, 5) is 22.8. The Kier molecular flexibility index (Phi) is 4.85. The Labute approximate surface area is 149 Å². The average molecular weight is 389 g/mol. The monoisotopic (exact) mass is 388 g/mol. The van der Waals surface area contributed by atoms with Crippen molar-refractivity contribution >= 4 is 36.0 Å². The van der Waals surface area contributed by atoms with Crippen LogP contribution in [0.25, 0.3) is 11.2 Å². The molecule has 2 aromatic rings. The lowest BCUT2D eigenvalue weighted by Crippen LogP contribution is -2.32. The SMILES string of the molecule is C=P(C)(C)CC[C@H]1OC(n2c(Cl)nc3c(=O)[nH]c(C)nc32)[C@H](O)[C@@H]1O. The standard InChI is InChI=1S/C15H22ClN4O4P/c1-7-17-12-9(13(23)18-7)19-15(16)20(12)14-11(22)10(21)8(24-14)5-6-25(2,3)4/h8,10-11,14,21-22H,2,5-6H2,1,3-4H3,(H,17,18,23)/t8-,10-,11-,14?/m1/s1. The summed E-state index contributed by atoms with van der Waals surface area (Å²) in [5.74, 6) is 0.392. The van der Waals surface area contributed by atoms with E-state index in [0.29, 0.717) is 12.2 Å². The number of rotatable bonds is 4. The van der Waals surface area contributed by atoms with Crippen LogP contribution in [0.15, 0.2) is 4.79 Å². The van der Waals surface area contributed by atoms with Gasteiger partial charge in [-0.1, -0.05) is 0 Å². The number of fused-ring (bicyclic) bond motifs is 1. The molecule has 3 heterocycles. The molecule has 138 valence electrons. The number of halogens is 1. The summed E-state index contributed by atoms with van der Waals surface area (Å²) in [6.07, 6.45) is 1.78. The van der Waals surface area contributed by atoms with Gasteiger partial charge in [-0.05, 0) is 44.4 Å². The first-order valence-corrected chi connectivity index (χ1v) is 11.3. The van der Waals surface area contributed by atoms with Crippen molar-refractivity contribution in [1.82, 2.24) is 19.5 Å². The van der Waals surface area contributed by atoms with Gasteiger partial charge in [0.15, 0.2) is 17.4 Å². The van der Waals surface area contributed by atoms with Crippen molar-refractivity contribution in [1.29, 1.82) is 0 Å². The first-order chi connectivity index (χ1) is 11.6. The maximum atomic E-state index is 12.0. The summed E-state index contributed by atoms with van der Waals surface area (Å²) >= 11 is 6.16. The van der Waals surface area contributed by atoms with Crippen LogP contribution >= 0.6 is 18.5 Å². The second kappa shape index (κ2) is 6.52. The molecule has 25 heavy (non-hydrogen) atoms. The van der Waals surface area contributed by atoms with E-state index in [4.69, 9.17) is 16.3 Å². The van der Waals surface area contributed by atoms with Crippen molar-refractivity contribution < 1.29 is 14.9 Å². The highest BCUT2D eigenvalue weighted by molar-refractivity contribution is 7.72. The number of aromatic amines is 1. The summed E-state index contributed by atoms with van der Waals surface area (Å²) in [5, 5.41) is 20.8. The molecule has 4 atom stereocenters. The highest BCUT2D eigenvalue weighted by Gasteiger charge is 2.45. The highest BCUT2D eigenvalue weighted by atomic mass is 35.5. The quantitative estimate of drug-likeness (QED) is 0.527. The van der Waals surface area contributed by atoms with Crippen LogP contribution in [0.5, 0.6) is 0 Å². The van der Waals surface area contributed by atoms with E-state index in [0.717, 1.165) is 6.16 Å². The third-order valence-corrected chi connectivity index (χ3v) is 5.97. The molecule has 10 heteroatoms. The lowest BCUT2D eigenvalue weighted by atomic mass is 10.1. The Bertz CT molecular complexity index is 905. The third kappa shape index (κ3) is 3.55. The average Bonchev–Trinajstić information content (AvgIpc) is 2.95. The number of nitrogens with zero attached hydrogens (tertiary/aromatic N) is 3. The molecule has 0 amide bonds. The molecule has 1 fully saturated rings. The molecular formula is C15H22ClN4O4P. The van der Waals surface area contributed by atoms with E-state index in [2.05, 4.69) is 34.6 Å². The predicted octanol–water partition coefficient (Wildman–Crippen LogP) is 0.800. The van der Waals surface area contributed by atoms with E-state index in [1.54, 1.807) is 6.92 Å². The molecule has 0 radical (unpaired) electrons. The molecule has 0 saturated carbocycles. The van der Waals surface area contributed by atoms with E-state index in [-0.39, 0.29) is 16.4 Å². The molecule has 3 rings (SSSR count). The number of hydrogen-bond acceptors (Lipinski definition) is 6. The molecular weight excluding hydrogens is 367 g/mol. The van der Waals surface area contributed by atoms with E-state index in [9.17, 15) is 15.0 Å². The van der Waals surface area contributed by atoms with Gasteiger partial charge in [-0.25, -0.2) is 9.97 Å². The largest absolute Gasteiger partial charge is 0.388 e. The van der Waals surface area contributed by atoms with E-state index in [1.807, 2.05) is 0 Å². The lowest BCUT2D eigenvalue weighted by Gasteiger charge is -2.19. The minimum atomic E-state index is -1.28. The topological polar surface area (TPSA) is 113 Å². The van der Waals surface area contributed by atoms with Crippen molar-refractivity contribution in [2.24, 2.45) is 0 Å². The fraction of sp³-hybridized carbons (Fsp3) is 0.600. The van der Waals surface area contributed by atoms with Crippen LogP contribution in [0.4, 0.5) is 0 Å². The Morgan fingerprint density at radius 1 is 1.36 bits per heavy atom. The van der Waals surface area contributed by atoms with Crippen LogP contribution < -0.4 is 5.56 Å². The molecule has 1 saturated heterocycles. The molecule has 0 aromatic carbocycles. The molecule has 1 unspecified atom stereocenters. The number of hydrogen-bond donors (Lipinski definition) is 3. The van der Waals surface area contributed by atoms with Gasteiger partial charge < -0.3 is 19.9 Å². The van der Waals surface area contributed by atoms with Crippen LogP contribution in [-0.2, 0) is 4.74 Å². The molecule has 2 aromatic heterocycles. The third-order valence-electron chi connectivity index (χ3n) is 4.24. The van der Waals surface area contributed by atoms with E-state index >= 15 is 0 Å². The molecule has 8 nitrogen and oxygen atoms in total. The second-order valence-electron chi connectivity index (χ2n) is 7.07. The molecule has 1 aliphatic heterocycles. The summed E-state index contributed by atoms with van der Waals surface area (Å²) in [6.45, 7) is 4.55. The van der Waals surface area contributed by atoms with Crippen molar-refractivity contribution in [3.05, 3.63) is 21.5 Å². The van der Waals surface area contributed by atoms with Gasteiger partial charge >= 0.3 is 0 Å². The number of aliphatic hydroxyl groups is 2. The fourth-order valence-electron chi connectivity index (χ4n) is 2.95. The normalized spacial score (nSPS) is 27.3.